The highest BCUT2D eigenvalue weighted by Gasteiger charge is 2.57. The van der Waals surface area contributed by atoms with Gasteiger partial charge >= 0.3 is 19.2 Å². The lowest BCUT2D eigenvalue weighted by Gasteiger charge is -2.31. The van der Waals surface area contributed by atoms with Gasteiger partial charge in [0.05, 0.1) is 19.8 Å². The molecule has 2 aliphatic heterocycles. The number of hydrogen-bond acceptors (Lipinski definition) is 13. The molecule has 0 bridgehead atoms. The lowest BCUT2D eigenvalue weighted by Crippen LogP contribution is -2.51. The van der Waals surface area contributed by atoms with E-state index >= 15 is 0 Å². The first-order valence-corrected chi connectivity index (χ1v) is 14.9. The number of phosphoric ester groups is 1. The van der Waals surface area contributed by atoms with Crippen LogP contribution in [0.5, 0.6) is 0 Å². The highest BCUT2D eigenvalue weighted by molar-refractivity contribution is 7.46. The molecular weight excluding hydrogens is 627 g/mol. The largest absolute Gasteiger partial charge is 0.469 e. The molecule has 0 saturated carbocycles. The zero-order valence-electron chi connectivity index (χ0n) is 24.0. The molecule has 0 unspecified atom stereocenters. The Morgan fingerprint density at radius 2 is 1.73 bits per heavy atom. The smallest absolute Gasteiger partial charge is 0.394 e. The van der Waals surface area contributed by atoms with Gasteiger partial charge in [-0.2, -0.15) is 0 Å². The van der Waals surface area contributed by atoms with Crippen molar-refractivity contribution in [3.05, 3.63) is 90.0 Å². The number of aromatic nitrogens is 4. The summed E-state index contributed by atoms with van der Waals surface area (Å²) in [4.78, 5) is 67.9. The van der Waals surface area contributed by atoms with E-state index in [1.54, 1.807) is 24.3 Å². The van der Waals surface area contributed by atoms with E-state index in [0.717, 1.165) is 21.4 Å². The molecule has 19 nitrogen and oxygen atoms in total. The van der Waals surface area contributed by atoms with Crippen molar-refractivity contribution in [3.8, 4) is 0 Å². The number of ether oxygens (including phenoxy) is 3. The van der Waals surface area contributed by atoms with Gasteiger partial charge in [-0.05, 0) is 13.8 Å². The summed E-state index contributed by atoms with van der Waals surface area (Å²) in [6.07, 6.45) is 2.00. The maximum Gasteiger partial charge on any atom is 0.469 e. The molecule has 250 valence electrons. The Hall–Kier alpha value is -3.33. The zero-order valence-corrected chi connectivity index (χ0v) is 24.9. The van der Waals surface area contributed by atoms with Crippen LogP contribution >= 0.6 is 7.82 Å². The molecule has 4 rings (SSSR count). The Labute approximate surface area is 253 Å². The van der Waals surface area contributed by atoms with Crippen molar-refractivity contribution in [3.63, 3.8) is 0 Å². The van der Waals surface area contributed by atoms with Gasteiger partial charge in [0.25, 0.3) is 11.1 Å². The standard InChI is InChI=1S/C15H20N2O7.C10H15N2O8P/c1-2-3-4-5-8-23-15(22)12(20)10(9-18)24-13(15)17-7-6-11(19)16-14(17)21;1-5-3-12(10(15)11-9(5)14)8-2-6(7(4-13)19-8)20-21(16,17)18/h2-7,10,12-13,18,20,22H,8-9H2,1H3,(H,16,19,21);3,6-8,13H,2,4H2,1H3,(H,11,14,15)(H2,16,17,18)/t10-,12-,13-,15+;6-,7+,8+/m10/s1. The minimum absolute atomic E-state index is 0.0538. The van der Waals surface area contributed by atoms with Gasteiger partial charge in [0, 0.05) is 30.4 Å². The first-order chi connectivity index (χ1) is 21.1. The van der Waals surface area contributed by atoms with Gasteiger partial charge in [-0.1, -0.05) is 24.3 Å². The normalized spacial score (nSPS) is 28.5. The predicted molar refractivity (Wildman–Crippen MR) is 152 cm³/mol. The summed E-state index contributed by atoms with van der Waals surface area (Å²) in [6.45, 7) is 2.14. The Bertz CT molecular complexity index is 1640. The molecule has 0 spiro atoms. The van der Waals surface area contributed by atoms with Gasteiger partial charge in [-0.25, -0.2) is 14.2 Å². The number of H-pyrrole nitrogens is 2. The van der Waals surface area contributed by atoms with Crippen LogP contribution < -0.4 is 22.5 Å². The third-order valence-corrected chi connectivity index (χ3v) is 7.20. The molecule has 2 aromatic rings. The molecule has 0 aromatic carbocycles. The van der Waals surface area contributed by atoms with Gasteiger partial charge in [-0.15, -0.1) is 0 Å². The molecule has 45 heavy (non-hydrogen) atoms. The topological polar surface area (TPSA) is 285 Å². The lowest BCUT2D eigenvalue weighted by atomic mass is 10.1. The van der Waals surface area contributed by atoms with E-state index in [9.17, 15) is 39.1 Å². The average Bonchev–Trinajstić information content (AvgIpc) is 3.47. The van der Waals surface area contributed by atoms with Crippen LogP contribution in [0.15, 0.2) is 61.9 Å². The minimum atomic E-state index is -4.75. The van der Waals surface area contributed by atoms with Crippen molar-refractivity contribution in [2.45, 2.75) is 62.9 Å². The molecule has 2 aliphatic rings. The molecule has 7 atom stereocenters. The third-order valence-electron chi connectivity index (χ3n) is 6.66. The first kappa shape index (κ1) is 36.1. The number of nitrogens with zero attached hydrogens (tertiary/aromatic N) is 2. The van der Waals surface area contributed by atoms with Crippen LogP contribution in [-0.2, 0) is 23.3 Å². The number of aryl methyl sites for hydroxylation is 1. The van der Waals surface area contributed by atoms with Crippen molar-refractivity contribution in [1.82, 2.24) is 19.1 Å². The molecule has 0 radical (unpaired) electrons. The van der Waals surface area contributed by atoms with Crippen LogP contribution in [0.25, 0.3) is 0 Å². The highest BCUT2D eigenvalue weighted by Crippen LogP contribution is 2.43. The summed E-state index contributed by atoms with van der Waals surface area (Å²) < 4.78 is 33.4. The van der Waals surface area contributed by atoms with Crippen LogP contribution in [-0.4, -0.2) is 99.3 Å². The number of allylic oxidation sites excluding steroid dienone is 3. The molecule has 4 heterocycles. The summed E-state index contributed by atoms with van der Waals surface area (Å²) in [5.41, 5.74) is -2.43. The third kappa shape index (κ3) is 8.90. The van der Waals surface area contributed by atoms with E-state index in [4.69, 9.17) is 29.1 Å². The van der Waals surface area contributed by atoms with E-state index in [1.165, 1.54) is 13.1 Å². The van der Waals surface area contributed by atoms with Crippen molar-refractivity contribution in [2.75, 3.05) is 19.8 Å². The summed E-state index contributed by atoms with van der Waals surface area (Å²) in [5, 5.41) is 39.3. The Kier molecular flexibility index (Phi) is 12.3. The van der Waals surface area contributed by atoms with E-state index in [1.807, 2.05) is 11.9 Å². The molecule has 2 fully saturated rings. The lowest BCUT2D eigenvalue weighted by molar-refractivity contribution is -0.273. The molecule has 0 amide bonds. The van der Waals surface area contributed by atoms with Crippen LogP contribution in [0.2, 0.25) is 0 Å². The summed E-state index contributed by atoms with van der Waals surface area (Å²) in [5.74, 6) is -2.28. The number of phosphoric acid groups is 1. The number of aliphatic hydroxyl groups is 4. The number of rotatable bonds is 10. The van der Waals surface area contributed by atoms with Gasteiger partial charge in [0.15, 0.2) is 6.23 Å². The fraction of sp³-hybridized carbons (Fsp3) is 0.520. The quantitative estimate of drug-likeness (QED) is 0.0726. The molecule has 2 aromatic heterocycles. The summed E-state index contributed by atoms with van der Waals surface area (Å²) >= 11 is 0. The highest BCUT2D eigenvalue weighted by atomic mass is 31.2. The fourth-order valence-electron chi connectivity index (χ4n) is 4.48. The SMILES string of the molecule is CC=CC=CCO[C@@]1(O)[C@H](O)[C@@H](CO)O[C@H]1n1ccc(=O)[nH]c1=O.Cc1cn([C@H]2C[C@H](OP(=O)(O)O)[C@@H](CO)O2)c(=O)[nH]c1=O. The maximum absolute atomic E-state index is 11.9. The van der Waals surface area contributed by atoms with Crippen LogP contribution in [0.3, 0.4) is 0 Å². The Morgan fingerprint density at radius 3 is 2.33 bits per heavy atom. The van der Waals surface area contributed by atoms with Gasteiger partial charge in [0.1, 0.15) is 30.6 Å². The summed E-state index contributed by atoms with van der Waals surface area (Å²) in [7, 11) is -4.75. The van der Waals surface area contributed by atoms with E-state index < -0.39 is 86.2 Å². The van der Waals surface area contributed by atoms with Gasteiger partial charge in [0.2, 0.25) is 5.79 Å². The van der Waals surface area contributed by atoms with Gasteiger partial charge in [-0.3, -0.25) is 33.2 Å². The fourth-order valence-corrected chi connectivity index (χ4v) is 5.05. The second-order valence-electron chi connectivity index (χ2n) is 9.85. The van der Waals surface area contributed by atoms with Crippen molar-refractivity contribution < 1.29 is 53.5 Å². The Morgan fingerprint density at radius 1 is 1.07 bits per heavy atom. The number of hydrogen-bond donors (Lipinski definition) is 8. The predicted octanol–water partition coefficient (Wildman–Crippen LogP) is -2.77. The van der Waals surface area contributed by atoms with E-state index in [2.05, 4.69) is 9.51 Å². The number of aliphatic hydroxyl groups excluding tert-OH is 3. The van der Waals surface area contributed by atoms with Crippen LogP contribution in [0.1, 0.15) is 31.4 Å². The van der Waals surface area contributed by atoms with Crippen molar-refractivity contribution in [2.24, 2.45) is 0 Å². The first-order valence-electron chi connectivity index (χ1n) is 13.4. The van der Waals surface area contributed by atoms with E-state index in [-0.39, 0.29) is 18.6 Å². The second kappa shape index (κ2) is 15.3. The maximum atomic E-state index is 11.9. The molecular formula is C25H35N4O15P. The van der Waals surface area contributed by atoms with Crippen LogP contribution in [0, 0.1) is 6.92 Å². The number of nitrogens with one attached hydrogen (secondary N) is 2. The average molecular weight is 663 g/mol. The van der Waals surface area contributed by atoms with Gasteiger partial charge < -0.3 is 44.4 Å². The van der Waals surface area contributed by atoms with Crippen molar-refractivity contribution >= 4 is 7.82 Å². The monoisotopic (exact) mass is 662 g/mol. The molecule has 20 heteroatoms. The molecule has 8 N–H and O–H groups in total. The minimum Gasteiger partial charge on any atom is -0.394 e. The van der Waals surface area contributed by atoms with Crippen molar-refractivity contribution in [1.29, 1.82) is 0 Å². The second-order valence-corrected chi connectivity index (χ2v) is 11.0. The van der Waals surface area contributed by atoms with E-state index in [0.29, 0.717) is 0 Å². The molecule has 2 saturated heterocycles. The Balaban J connectivity index is 0.000000248. The number of aromatic amines is 2. The summed E-state index contributed by atoms with van der Waals surface area (Å²) in [6, 6.07) is 1.07. The molecule has 0 aliphatic carbocycles. The van der Waals surface area contributed by atoms with Crippen LogP contribution in [0.4, 0.5) is 0 Å². The zero-order chi connectivity index (χ0) is 33.5.